The zero-order valence-corrected chi connectivity index (χ0v) is 42.4. The summed E-state index contributed by atoms with van der Waals surface area (Å²) >= 11 is 7.06. The number of aldehydes is 1. The summed E-state index contributed by atoms with van der Waals surface area (Å²) in [5, 5.41) is 4.59. The Morgan fingerprint density at radius 3 is 1.31 bits per heavy atom. The number of aromatic amines is 2. The van der Waals surface area contributed by atoms with E-state index in [1.807, 2.05) is 99.8 Å². The van der Waals surface area contributed by atoms with Gasteiger partial charge in [0.2, 0.25) is 5.91 Å². The number of amides is 3. The minimum absolute atomic E-state index is 0.00662. The minimum Gasteiger partial charge on any atom is -0.453 e. The molecule has 67 heavy (non-hydrogen) atoms. The summed E-state index contributed by atoms with van der Waals surface area (Å²) in [6.07, 6.45) is 8.34. The first-order chi connectivity index (χ1) is 32.7. The van der Waals surface area contributed by atoms with Crippen LogP contribution in [0.5, 0.6) is 0 Å². The normalized spacial score (nSPS) is 9.37. The summed E-state index contributed by atoms with van der Waals surface area (Å²) in [6, 6.07) is 40.8. The summed E-state index contributed by atoms with van der Waals surface area (Å²) in [5.41, 5.74) is 6.23. The average Bonchev–Trinajstić information content (AvgIpc) is 4.08. The highest BCUT2D eigenvalue weighted by Gasteiger charge is 2.16. The largest absolute Gasteiger partial charge is 0.453 e. The Labute approximate surface area is 409 Å². The topological polar surface area (TPSA) is 175 Å². The van der Waals surface area contributed by atoms with Gasteiger partial charge >= 0.3 is 12.2 Å². The summed E-state index contributed by atoms with van der Waals surface area (Å²) in [5.74, 6) is 1.45. The molecule has 0 aliphatic rings. The van der Waals surface area contributed by atoms with Gasteiger partial charge in [0.05, 0.1) is 57.6 Å². The van der Waals surface area contributed by atoms with Crippen LogP contribution in [0, 0.1) is 0 Å². The lowest BCUT2D eigenvalue weighted by molar-refractivity contribution is -0.130. The fourth-order valence-corrected chi connectivity index (χ4v) is 5.62. The molecule has 2 aromatic heterocycles. The number of carbonyl (C=O) groups excluding carboxylic acids is 4. The Kier molecular flexibility index (Phi) is 36.2. The van der Waals surface area contributed by atoms with Crippen molar-refractivity contribution in [2.45, 2.75) is 53.6 Å². The second-order valence-corrected chi connectivity index (χ2v) is 13.4. The molecular weight excluding hydrogens is 885 g/mol. The van der Waals surface area contributed by atoms with E-state index in [1.165, 1.54) is 14.2 Å². The maximum atomic E-state index is 12.6. The van der Waals surface area contributed by atoms with Gasteiger partial charge < -0.3 is 39.8 Å². The molecule has 14 nitrogen and oxygen atoms in total. The number of H-pyrrole nitrogens is 2. The van der Waals surface area contributed by atoms with Crippen molar-refractivity contribution in [2.24, 2.45) is 0 Å². The van der Waals surface area contributed by atoms with E-state index < -0.39 is 12.2 Å². The molecule has 0 spiro atoms. The fraction of sp³-hybridized carbons (Fsp3) is 0.333. The van der Waals surface area contributed by atoms with Crippen LogP contribution in [-0.2, 0) is 32.2 Å². The maximum absolute atomic E-state index is 12.6. The molecule has 0 atom stereocenters. The standard InChI is InChI=1S/C31H39N7O3.2C6H6.C4H7NO3.C2H6.2CH4S/c1-5-15-37(3)20-28-32-17-26(35-28)24-11-7-22(8-12-24)23-9-13-25(14-10-23)27-18-33-29(36-27)21-38(16-6-2)30(39)19-34-31(40)41-4;2*1-2-4-6-5-3-1;1-8-4(7)5-2-3-6;3*1-2/h7-14,17-18H,5-6,15-16,19-21H2,1-4H3,(H,32,35)(H,33,36)(H,34,40);2*1-6H;3H,2H2,1H3,(H,5,7);1-2H3;2*2H,1H3. The maximum Gasteiger partial charge on any atom is 0.407 e. The third-order valence-electron chi connectivity index (χ3n) is 8.61. The van der Waals surface area contributed by atoms with Crippen molar-refractivity contribution >= 4 is 49.6 Å². The number of aromatic nitrogens is 4. The summed E-state index contributed by atoms with van der Waals surface area (Å²) in [6.45, 7) is 10.8. The van der Waals surface area contributed by atoms with Gasteiger partial charge in [-0.1, -0.05) is 149 Å². The highest BCUT2D eigenvalue weighted by atomic mass is 32.1. The minimum atomic E-state index is -0.632. The number of thiol groups is 2. The molecule has 0 saturated carbocycles. The van der Waals surface area contributed by atoms with Crippen LogP contribution in [0.2, 0.25) is 0 Å². The van der Waals surface area contributed by atoms with E-state index >= 15 is 0 Å². The summed E-state index contributed by atoms with van der Waals surface area (Å²) in [7, 11) is 4.61. The van der Waals surface area contributed by atoms with Gasteiger partial charge in [-0.2, -0.15) is 25.3 Å². The van der Waals surface area contributed by atoms with Gasteiger partial charge in [-0.3, -0.25) is 9.69 Å². The predicted molar refractivity (Wildman–Crippen MR) is 280 cm³/mol. The monoisotopic (exact) mass is 957 g/mol. The quantitative estimate of drug-likeness (QED) is 0.0432. The second-order valence-electron chi connectivity index (χ2n) is 13.4. The van der Waals surface area contributed by atoms with Crippen molar-refractivity contribution in [3.63, 3.8) is 0 Å². The number of benzene rings is 4. The van der Waals surface area contributed by atoms with Crippen molar-refractivity contribution in [1.82, 2.24) is 40.4 Å². The van der Waals surface area contributed by atoms with Crippen LogP contribution in [0.15, 0.2) is 134 Å². The zero-order valence-electron chi connectivity index (χ0n) is 40.6. The van der Waals surface area contributed by atoms with Crippen LogP contribution in [0.3, 0.4) is 0 Å². The van der Waals surface area contributed by atoms with E-state index in [2.05, 4.69) is 133 Å². The first-order valence-electron chi connectivity index (χ1n) is 21.9. The first-order valence-corrected chi connectivity index (χ1v) is 23.7. The van der Waals surface area contributed by atoms with Gasteiger partial charge in [-0.05, 0) is 61.2 Å². The number of imidazole rings is 2. The van der Waals surface area contributed by atoms with Gasteiger partial charge in [0.25, 0.3) is 0 Å². The molecule has 364 valence electrons. The molecule has 2 heterocycles. The van der Waals surface area contributed by atoms with Gasteiger partial charge in [0.1, 0.15) is 24.5 Å². The van der Waals surface area contributed by atoms with Crippen molar-refractivity contribution < 1.29 is 28.7 Å². The van der Waals surface area contributed by atoms with Crippen LogP contribution in [-0.4, -0.2) is 114 Å². The lowest BCUT2D eigenvalue weighted by Crippen LogP contribution is -2.40. The van der Waals surface area contributed by atoms with E-state index in [-0.39, 0.29) is 19.0 Å². The highest BCUT2D eigenvalue weighted by molar-refractivity contribution is 7.79. The Morgan fingerprint density at radius 2 is 0.955 bits per heavy atom. The number of ether oxygens (including phenoxy) is 2. The predicted octanol–water partition coefficient (Wildman–Crippen LogP) is 10.1. The number of nitrogens with zero attached hydrogens (tertiary/aromatic N) is 4. The number of hydrogen-bond donors (Lipinski definition) is 6. The molecule has 0 unspecified atom stereocenters. The molecule has 6 aromatic rings. The van der Waals surface area contributed by atoms with Crippen LogP contribution in [0.1, 0.15) is 52.2 Å². The molecule has 0 saturated heterocycles. The molecule has 0 aliphatic heterocycles. The van der Waals surface area contributed by atoms with Crippen molar-refractivity contribution in [2.75, 3.05) is 60.0 Å². The number of rotatable bonds is 15. The van der Waals surface area contributed by atoms with Gasteiger partial charge in [0.15, 0.2) is 0 Å². The van der Waals surface area contributed by atoms with Gasteiger partial charge in [-0.15, -0.1) is 0 Å². The fourth-order valence-electron chi connectivity index (χ4n) is 5.62. The van der Waals surface area contributed by atoms with Gasteiger partial charge in [0, 0.05) is 6.54 Å². The van der Waals surface area contributed by atoms with Crippen LogP contribution < -0.4 is 10.6 Å². The number of carbonyl (C=O) groups is 4. The van der Waals surface area contributed by atoms with Crippen LogP contribution in [0.4, 0.5) is 9.59 Å². The summed E-state index contributed by atoms with van der Waals surface area (Å²) < 4.78 is 8.69. The lowest BCUT2D eigenvalue weighted by Gasteiger charge is -2.21. The third kappa shape index (κ3) is 26.4. The second kappa shape index (κ2) is 40.0. The lowest BCUT2D eigenvalue weighted by atomic mass is 10.0. The molecule has 3 amide bonds. The molecule has 6 rings (SSSR count). The highest BCUT2D eigenvalue weighted by Crippen LogP contribution is 2.27. The van der Waals surface area contributed by atoms with Crippen molar-refractivity contribution in [1.29, 1.82) is 0 Å². The number of hydrogen-bond acceptors (Lipinski definition) is 11. The first kappa shape index (κ1) is 60.6. The number of nitrogens with one attached hydrogen (secondary N) is 4. The molecule has 0 fully saturated rings. The molecule has 4 aromatic carbocycles. The SMILES string of the molecule is CC.CCCN(C)Cc1ncc(-c2ccc(-c3ccc(-c4cnc(CN(CCC)C(=O)CNC(=O)OC)[nH]4)cc3)cc2)[nH]1.COC(=O)NCC=O.CS.CS.c1ccccc1.c1ccccc1. The molecule has 0 bridgehead atoms. The molecule has 0 radical (unpaired) electrons. The Hall–Kier alpha value is -6.36. The van der Waals surface area contributed by atoms with E-state index in [0.29, 0.717) is 25.2 Å². The molecule has 16 heteroatoms. The Morgan fingerprint density at radius 1 is 0.597 bits per heavy atom. The molecular formula is C51H72N8O6S2. The van der Waals surface area contributed by atoms with E-state index in [1.54, 1.807) is 23.6 Å². The Bertz CT molecular complexity index is 2040. The van der Waals surface area contributed by atoms with E-state index in [9.17, 15) is 19.2 Å². The molecule has 4 N–H and O–H groups in total. The zero-order chi connectivity index (χ0) is 50.1. The summed E-state index contributed by atoms with van der Waals surface area (Å²) in [4.78, 5) is 63.2. The average molecular weight is 957 g/mol. The number of methoxy groups -OCH3 is 2. The van der Waals surface area contributed by atoms with Crippen LogP contribution in [0.25, 0.3) is 33.6 Å². The van der Waals surface area contributed by atoms with E-state index in [0.717, 1.165) is 65.4 Å². The van der Waals surface area contributed by atoms with Crippen molar-refractivity contribution in [3.8, 4) is 33.6 Å². The van der Waals surface area contributed by atoms with Crippen LogP contribution >= 0.6 is 25.3 Å². The van der Waals surface area contributed by atoms with Gasteiger partial charge in [-0.25, -0.2) is 19.6 Å². The van der Waals surface area contributed by atoms with E-state index in [4.69, 9.17) is 0 Å². The molecule has 0 aliphatic carbocycles. The smallest absolute Gasteiger partial charge is 0.407 e. The Balaban J connectivity index is 0.00000136. The third-order valence-corrected chi connectivity index (χ3v) is 8.61. The van der Waals surface area contributed by atoms with Crippen molar-refractivity contribution in [3.05, 3.63) is 145 Å². The number of alkyl carbamates (subject to hydrolysis) is 2.